The predicted octanol–water partition coefficient (Wildman–Crippen LogP) is 1.02. The molecule has 2 heteroatoms. The lowest BCUT2D eigenvalue weighted by Crippen LogP contribution is -2.42. The molecule has 0 aliphatic heterocycles. The molecule has 60 valence electrons. The largest absolute Gasteiger partial charge is 0.381 e. The standard InChI is InChI=1S/C8H17NO/c1-6(9-2)7-4-8(5-7)10-3/h6-9H,4-5H2,1-3H3. The average Bonchev–Trinajstić information content (AvgIpc) is 1.85. The van der Waals surface area contributed by atoms with E-state index in [1.54, 1.807) is 7.11 Å². The van der Waals surface area contributed by atoms with Gasteiger partial charge in [0.1, 0.15) is 0 Å². The molecule has 0 aromatic carbocycles. The molecule has 0 heterocycles. The Labute approximate surface area is 63.0 Å². The van der Waals surface area contributed by atoms with E-state index in [0.29, 0.717) is 12.1 Å². The summed E-state index contributed by atoms with van der Waals surface area (Å²) in [5.41, 5.74) is 0. The van der Waals surface area contributed by atoms with Crippen LogP contribution >= 0.6 is 0 Å². The van der Waals surface area contributed by atoms with Crippen molar-refractivity contribution in [2.45, 2.75) is 31.9 Å². The van der Waals surface area contributed by atoms with Crippen molar-refractivity contribution < 1.29 is 4.74 Å². The smallest absolute Gasteiger partial charge is 0.0577 e. The summed E-state index contributed by atoms with van der Waals surface area (Å²) in [5.74, 6) is 0.843. The Morgan fingerprint density at radius 1 is 1.50 bits per heavy atom. The first-order valence-corrected chi connectivity index (χ1v) is 3.98. The quantitative estimate of drug-likeness (QED) is 0.637. The summed E-state index contributed by atoms with van der Waals surface area (Å²) in [6, 6.07) is 0.659. The normalized spacial score (nSPS) is 35.1. The number of hydrogen-bond donors (Lipinski definition) is 1. The van der Waals surface area contributed by atoms with Gasteiger partial charge >= 0.3 is 0 Å². The second kappa shape index (κ2) is 3.35. The molecular formula is C8H17NO. The number of rotatable bonds is 3. The molecule has 2 nitrogen and oxygen atoms in total. The van der Waals surface area contributed by atoms with Crippen molar-refractivity contribution in [3.63, 3.8) is 0 Å². The number of ether oxygens (including phenoxy) is 1. The van der Waals surface area contributed by atoms with Crippen molar-refractivity contribution in [1.82, 2.24) is 5.32 Å². The summed E-state index contributed by atoms with van der Waals surface area (Å²) in [5, 5.41) is 3.26. The van der Waals surface area contributed by atoms with Crippen LogP contribution in [0.2, 0.25) is 0 Å². The maximum Gasteiger partial charge on any atom is 0.0577 e. The molecule has 1 atom stereocenters. The van der Waals surface area contributed by atoms with Crippen LogP contribution in [-0.4, -0.2) is 26.3 Å². The van der Waals surface area contributed by atoms with Crippen LogP contribution in [0.1, 0.15) is 19.8 Å². The van der Waals surface area contributed by atoms with Crippen molar-refractivity contribution in [2.75, 3.05) is 14.2 Å². The Morgan fingerprint density at radius 3 is 2.50 bits per heavy atom. The Bertz CT molecular complexity index is 99.4. The number of methoxy groups -OCH3 is 1. The van der Waals surface area contributed by atoms with Crippen LogP contribution in [0.15, 0.2) is 0 Å². The van der Waals surface area contributed by atoms with Gasteiger partial charge in [-0.3, -0.25) is 0 Å². The maximum absolute atomic E-state index is 5.18. The summed E-state index contributed by atoms with van der Waals surface area (Å²) in [6.45, 7) is 2.23. The molecule has 1 unspecified atom stereocenters. The van der Waals surface area contributed by atoms with Gasteiger partial charge < -0.3 is 10.1 Å². The zero-order valence-electron chi connectivity index (χ0n) is 7.05. The number of hydrogen-bond acceptors (Lipinski definition) is 2. The van der Waals surface area contributed by atoms with E-state index in [2.05, 4.69) is 12.2 Å². The summed E-state index contributed by atoms with van der Waals surface area (Å²) in [6.07, 6.45) is 3.01. The van der Waals surface area contributed by atoms with Gasteiger partial charge in [0, 0.05) is 13.2 Å². The third kappa shape index (κ3) is 1.50. The third-order valence-corrected chi connectivity index (χ3v) is 2.63. The highest BCUT2D eigenvalue weighted by Crippen LogP contribution is 2.31. The van der Waals surface area contributed by atoms with Crippen LogP contribution in [0.3, 0.4) is 0 Å². The lowest BCUT2D eigenvalue weighted by Gasteiger charge is -2.37. The topological polar surface area (TPSA) is 21.3 Å². The highest BCUT2D eigenvalue weighted by atomic mass is 16.5. The lowest BCUT2D eigenvalue weighted by molar-refractivity contribution is -0.00895. The molecular weight excluding hydrogens is 126 g/mol. The molecule has 10 heavy (non-hydrogen) atoms. The zero-order chi connectivity index (χ0) is 7.56. The van der Waals surface area contributed by atoms with Gasteiger partial charge in [0.2, 0.25) is 0 Å². The van der Waals surface area contributed by atoms with E-state index in [4.69, 9.17) is 4.74 Å². The van der Waals surface area contributed by atoms with E-state index in [1.807, 2.05) is 7.05 Å². The van der Waals surface area contributed by atoms with Gasteiger partial charge in [-0.25, -0.2) is 0 Å². The second-order valence-corrected chi connectivity index (χ2v) is 3.17. The van der Waals surface area contributed by atoms with Crippen molar-refractivity contribution in [2.24, 2.45) is 5.92 Å². The van der Waals surface area contributed by atoms with Gasteiger partial charge in [0.15, 0.2) is 0 Å². The molecule has 1 fully saturated rings. The van der Waals surface area contributed by atoms with Crippen LogP contribution in [0, 0.1) is 5.92 Å². The minimum atomic E-state index is 0.542. The fourth-order valence-corrected chi connectivity index (χ4v) is 1.44. The SMILES string of the molecule is CNC(C)C1CC(OC)C1. The first kappa shape index (κ1) is 8.02. The molecule has 1 saturated carbocycles. The van der Waals surface area contributed by atoms with Crippen molar-refractivity contribution in [1.29, 1.82) is 0 Å². The lowest BCUT2D eigenvalue weighted by atomic mass is 9.78. The maximum atomic E-state index is 5.18. The Morgan fingerprint density at radius 2 is 2.10 bits per heavy atom. The molecule has 0 amide bonds. The summed E-state index contributed by atoms with van der Waals surface area (Å²) >= 11 is 0. The Hall–Kier alpha value is -0.0800. The van der Waals surface area contributed by atoms with Gasteiger partial charge in [0.25, 0.3) is 0 Å². The molecule has 0 aromatic rings. The van der Waals surface area contributed by atoms with Gasteiger partial charge in [-0.15, -0.1) is 0 Å². The van der Waals surface area contributed by atoms with Crippen LogP contribution in [-0.2, 0) is 4.74 Å². The van der Waals surface area contributed by atoms with Crippen LogP contribution in [0.25, 0.3) is 0 Å². The second-order valence-electron chi connectivity index (χ2n) is 3.17. The van der Waals surface area contributed by atoms with Crippen molar-refractivity contribution in [3.05, 3.63) is 0 Å². The van der Waals surface area contributed by atoms with E-state index in [9.17, 15) is 0 Å². The van der Waals surface area contributed by atoms with Crippen LogP contribution in [0.5, 0.6) is 0 Å². The molecule has 0 spiro atoms. The van der Waals surface area contributed by atoms with E-state index < -0.39 is 0 Å². The molecule has 1 aliphatic carbocycles. The summed E-state index contributed by atoms with van der Waals surface area (Å²) < 4.78 is 5.18. The van der Waals surface area contributed by atoms with Gasteiger partial charge in [-0.2, -0.15) is 0 Å². The fraction of sp³-hybridized carbons (Fsp3) is 1.00. The van der Waals surface area contributed by atoms with Crippen LogP contribution < -0.4 is 5.32 Å². The Kier molecular flexibility index (Phi) is 2.69. The first-order valence-electron chi connectivity index (χ1n) is 3.98. The third-order valence-electron chi connectivity index (χ3n) is 2.63. The Balaban J connectivity index is 2.13. The molecule has 1 rings (SSSR count). The van der Waals surface area contributed by atoms with Gasteiger partial charge in [-0.05, 0) is 32.7 Å². The first-order chi connectivity index (χ1) is 4.77. The molecule has 1 N–H and O–H groups in total. The van der Waals surface area contributed by atoms with Gasteiger partial charge in [0.05, 0.1) is 6.10 Å². The van der Waals surface area contributed by atoms with Crippen molar-refractivity contribution >= 4 is 0 Å². The van der Waals surface area contributed by atoms with E-state index in [0.717, 1.165) is 5.92 Å². The minimum absolute atomic E-state index is 0.542. The molecule has 0 bridgehead atoms. The highest BCUT2D eigenvalue weighted by Gasteiger charge is 2.31. The molecule has 0 radical (unpaired) electrons. The average molecular weight is 143 g/mol. The fourth-order valence-electron chi connectivity index (χ4n) is 1.44. The van der Waals surface area contributed by atoms with Gasteiger partial charge in [-0.1, -0.05) is 0 Å². The summed E-state index contributed by atoms with van der Waals surface area (Å²) in [7, 11) is 3.82. The minimum Gasteiger partial charge on any atom is -0.381 e. The van der Waals surface area contributed by atoms with Crippen LogP contribution in [0.4, 0.5) is 0 Å². The highest BCUT2D eigenvalue weighted by molar-refractivity contribution is 4.85. The molecule has 0 saturated heterocycles. The summed E-state index contributed by atoms with van der Waals surface area (Å²) in [4.78, 5) is 0. The molecule has 1 aliphatic rings. The monoisotopic (exact) mass is 143 g/mol. The van der Waals surface area contributed by atoms with Crippen molar-refractivity contribution in [3.8, 4) is 0 Å². The van der Waals surface area contributed by atoms with E-state index in [-0.39, 0.29) is 0 Å². The zero-order valence-corrected chi connectivity index (χ0v) is 7.05. The molecule has 0 aromatic heterocycles. The number of nitrogens with one attached hydrogen (secondary N) is 1. The van der Waals surface area contributed by atoms with E-state index in [1.165, 1.54) is 12.8 Å². The van der Waals surface area contributed by atoms with E-state index >= 15 is 0 Å². The predicted molar refractivity (Wildman–Crippen MR) is 42.0 cm³/mol.